The Bertz CT molecular complexity index is 836. The van der Waals surface area contributed by atoms with Crippen molar-refractivity contribution in [2.75, 3.05) is 18.8 Å². The smallest absolute Gasteiger partial charge is 0.220 e. The van der Waals surface area contributed by atoms with E-state index in [-0.39, 0.29) is 0 Å². The van der Waals surface area contributed by atoms with Crippen LogP contribution in [0, 0.1) is 0 Å². The summed E-state index contributed by atoms with van der Waals surface area (Å²) < 4.78 is 0. The van der Waals surface area contributed by atoms with Crippen LogP contribution >= 0.6 is 0 Å². The van der Waals surface area contributed by atoms with E-state index in [1.165, 1.54) is 43.5 Å². The van der Waals surface area contributed by atoms with E-state index >= 15 is 0 Å². The minimum absolute atomic E-state index is 0.316. The van der Waals surface area contributed by atoms with Gasteiger partial charge in [0.25, 0.3) is 0 Å². The second-order valence-electron chi connectivity index (χ2n) is 6.50. The number of piperidine rings is 1. The fraction of sp³-hybridized carbons (Fsp3) is 0.300. The van der Waals surface area contributed by atoms with Gasteiger partial charge in [-0.25, -0.2) is 9.97 Å². The van der Waals surface area contributed by atoms with Gasteiger partial charge >= 0.3 is 0 Å². The zero-order valence-corrected chi connectivity index (χ0v) is 13.8. The first-order chi connectivity index (χ1) is 11.8. The van der Waals surface area contributed by atoms with Crippen molar-refractivity contribution in [3.8, 4) is 11.1 Å². The maximum Gasteiger partial charge on any atom is 0.220 e. The summed E-state index contributed by atoms with van der Waals surface area (Å²) in [5.74, 6) is 0.316. The molecule has 1 fully saturated rings. The van der Waals surface area contributed by atoms with Gasteiger partial charge in [-0.3, -0.25) is 4.90 Å². The number of nitrogens with two attached hydrogens (primary N) is 1. The van der Waals surface area contributed by atoms with Crippen LogP contribution in [0.3, 0.4) is 0 Å². The molecule has 3 aromatic rings. The lowest BCUT2D eigenvalue weighted by Crippen LogP contribution is -2.28. The maximum absolute atomic E-state index is 5.69. The summed E-state index contributed by atoms with van der Waals surface area (Å²) in [4.78, 5) is 11.0. The summed E-state index contributed by atoms with van der Waals surface area (Å²) in [5.41, 5.74) is 10.3. The Morgan fingerprint density at radius 1 is 0.958 bits per heavy atom. The van der Waals surface area contributed by atoms with Crippen molar-refractivity contribution in [2.24, 2.45) is 0 Å². The van der Waals surface area contributed by atoms with Crippen LogP contribution < -0.4 is 5.73 Å². The van der Waals surface area contributed by atoms with Gasteiger partial charge in [0, 0.05) is 18.1 Å². The number of nitrogen functional groups attached to an aromatic ring is 1. The predicted molar refractivity (Wildman–Crippen MR) is 98.5 cm³/mol. The molecule has 0 amide bonds. The van der Waals surface area contributed by atoms with Gasteiger partial charge in [-0.05, 0) is 48.7 Å². The van der Waals surface area contributed by atoms with Crippen LogP contribution in [0.15, 0.2) is 48.7 Å². The number of hydrogen-bond acceptors (Lipinski definition) is 4. The minimum atomic E-state index is 0.316. The third-order valence-corrected chi connectivity index (χ3v) is 4.76. The van der Waals surface area contributed by atoms with Crippen molar-refractivity contribution >= 4 is 16.9 Å². The van der Waals surface area contributed by atoms with Gasteiger partial charge in [0.2, 0.25) is 5.95 Å². The van der Waals surface area contributed by atoms with E-state index in [0.29, 0.717) is 5.95 Å². The monoisotopic (exact) mass is 318 g/mol. The van der Waals surface area contributed by atoms with Crippen LogP contribution in [0.1, 0.15) is 24.8 Å². The summed E-state index contributed by atoms with van der Waals surface area (Å²) in [6.07, 6.45) is 5.85. The van der Waals surface area contributed by atoms with E-state index in [0.717, 1.165) is 23.0 Å². The highest BCUT2D eigenvalue weighted by Gasteiger charge is 2.11. The molecule has 0 aliphatic carbocycles. The van der Waals surface area contributed by atoms with Crippen LogP contribution in [0.25, 0.3) is 22.0 Å². The van der Waals surface area contributed by atoms with Gasteiger partial charge in [-0.15, -0.1) is 0 Å². The van der Waals surface area contributed by atoms with E-state index in [4.69, 9.17) is 5.73 Å². The second kappa shape index (κ2) is 6.57. The lowest BCUT2D eigenvalue weighted by molar-refractivity contribution is 0.221. The van der Waals surface area contributed by atoms with Crippen LogP contribution in [0.4, 0.5) is 5.95 Å². The molecule has 0 spiro atoms. The summed E-state index contributed by atoms with van der Waals surface area (Å²) in [5, 5.41) is 1.04. The molecular formula is C20H22N4. The molecule has 1 aliphatic rings. The van der Waals surface area contributed by atoms with Crippen LogP contribution in [-0.4, -0.2) is 28.0 Å². The number of nitrogens with zero attached hydrogens (tertiary/aromatic N) is 3. The summed E-state index contributed by atoms with van der Waals surface area (Å²) in [6, 6.07) is 15.0. The Morgan fingerprint density at radius 3 is 2.54 bits per heavy atom. The SMILES string of the molecule is Nc1ncc2c(-c3ccc(CN4CCCCC4)cc3)cccc2n1. The number of rotatable bonds is 3. The van der Waals surface area contributed by atoms with Crippen molar-refractivity contribution < 1.29 is 0 Å². The molecule has 0 atom stereocenters. The fourth-order valence-electron chi connectivity index (χ4n) is 3.49. The van der Waals surface area contributed by atoms with Gasteiger partial charge in [0.15, 0.2) is 0 Å². The Kier molecular flexibility index (Phi) is 4.13. The molecule has 0 unspecified atom stereocenters. The minimum Gasteiger partial charge on any atom is -0.368 e. The van der Waals surface area contributed by atoms with Crippen molar-refractivity contribution in [1.29, 1.82) is 0 Å². The molecule has 2 heterocycles. The predicted octanol–water partition coefficient (Wildman–Crippen LogP) is 3.86. The van der Waals surface area contributed by atoms with Gasteiger partial charge in [-0.2, -0.15) is 0 Å². The Morgan fingerprint density at radius 2 is 1.75 bits per heavy atom. The number of hydrogen-bond donors (Lipinski definition) is 1. The number of likely N-dealkylation sites (tertiary alicyclic amines) is 1. The third-order valence-electron chi connectivity index (χ3n) is 4.76. The highest BCUT2D eigenvalue weighted by molar-refractivity contribution is 5.94. The first-order valence-corrected chi connectivity index (χ1v) is 8.62. The molecule has 4 rings (SSSR count). The maximum atomic E-state index is 5.69. The first kappa shape index (κ1) is 15.1. The van der Waals surface area contributed by atoms with Crippen LogP contribution in [0.5, 0.6) is 0 Å². The molecule has 0 saturated carbocycles. The van der Waals surface area contributed by atoms with Gasteiger partial charge in [0.05, 0.1) is 5.52 Å². The van der Waals surface area contributed by atoms with Gasteiger partial charge in [0.1, 0.15) is 0 Å². The second-order valence-corrected chi connectivity index (χ2v) is 6.50. The van der Waals surface area contributed by atoms with Crippen LogP contribution in [-0.2, 0) is 6.54 Å². The normalized spacial score (nSPS) is 15.7. The molecule has 122 valence electrons. The Hall–Kier alpha value is -2.46. The van der Waals surface area contributed by atoms with Crippen molar-refractivity contribution in [2.45, 2.75) is 25.8 Å². The zero-order chi connectivity index (χ0) is 16.4. The average Bonchev–Trinajstić information content (AvgIpc) is 2.62. The number of fused-ring (bicyclic) bond motifs is 1. The van der Waals surface area contributed by atoms with Gasteiger partial charge < -0.3 is 5.73 Å². The molecule has 2 aromatic carbocycles. The number of anilines is 1. The highest BCUT2D eigenvalue weighted by Crippen LogP contribution is 2.28. The largest absolute Gasteiger partial charge is 0.368 e. The lowest BCUT2D eigenvalue weighted by atomic mass is 10.00. The average molecular weight is 318 g/mol. The molecule has 24 heavy (non-hydrogen) atoms. The van der Waals surface area contributed by atoms with Gasteiger partial charge in [-0.1, -0.05) is 42.8 Å². The Labute approximate surface area is 142 Å². The van der Waals surface area contributed by atoms with Crippen LogP contribution in [0.2, 0.25) is 0 Å². The lowest BCUT2D eigenvalue weighted by Gasteiger charge is -2.26. The topological polar surface area (TPSA) is 55.0 Å². The molecule has 0 radical (unpaired) electrons. The molecule has 1 aliphatic heterocycles. The fourth-order valence-corrected chi connectivity index (χ4v) is 3.49. The summed E-state index contributed by atoms with van der Waals surface area (Å²) >= 11 is 0. The van der Waals surface area contributed by atoms with Crippen molar-refractivity contribution in [3.63, 3.8) is 0 Å². The highest BCUT2D eigenvalue weighted by atomic mass is 15.1. The number of benzene rings is 2. The first-order valence-electron chi connectivity index (χ1n) is 8.62. The van der Waals surface area contributed by atoms with E-state index < -0.39 is 0 Å². The Balaban J connectivity index is 1.61. The molecule has 1 saturated heterocycles. The van der Waals surface area contributed by atoms with E-state index in [1.807, 2.05) is 18.3 Å². The van der Waals surface area contributed by atoms with E-state index in [9.17, 15) is 0 Å². The summed E-state index contributed by atoms with van der Waals surface area (Å²) in [7, 11) is 0. The number of aromatic nitrogens is 2. The zero-order valence-electron chi connectivity index (χ0n) is 13.8. The van der Waals surface area contributed by atoms with E-state index in [1.54, 1.807) is 0 Å². The molecule has 0 bridgehead atoms. The molecule has 4 heteroatoms. The molecular weight excluding hydrogens is 296 g/mol. The van der Waals surface area contributed by atoms with E-state index in [2.05, 4.69) is 45.2 Å². The molecule has 4 nitrogen and oxygen atoms in total. The molecule has 2 N–H and O–H groups in total. The third kappa shape index (κ3) is 3.10. The molecule has 1 aromatic heterocycles. The van der Waals surface area contributed by atoms with Crippen molar-refractivity contribution in [1.82, 2.24) is 14.9 Å². The summed E-state index contributed by atoms with van der Waals surface area (Å²) in [6.45, 7) is 3.50. The standard InChI is InChI=1S/C20H22N4/c21-20-22-13-18-17(5-4-6-19(18)23-20)16-9-7-15(8-10-16)14-24-11-2-1-3-12-24/h4-10,13H,1-3,11-12,14H2,(H2,21,22,23). The van der Waals surface area contributed by atoms with Crippen molar-refractivity contribution in [3.05, 3.63) is 54.2 Å². The quantitative estimate of drug-likeness (QED) is 0.796.